The van der Waals surface area contributed by atoms with E-state index in [9.17, 15) is 4.79 Å². The zero-order chi connectivity index (χ0) is 16.1. The second-order valence-electron chi connectivity index (χ2n) is 5.84. The van der Waals surface area contributed by atoms with Gasteiger partial charge in [0, 0.05) is 11.6 Å². The van der Waals surface area contributed by atoms with Gasteiger partial charge in [0.15, 0.2) is 6.29 Å². The molecule has 1 aromatic rings. The van der Waals surface area contributed by atoms with E-state index < -0.39 is 0 Å². The highest BCUT2D eigenvalue weighted by atomic mass is 35.5. The van der Waals surface area contributed by atoms with Gasteiger partial charge in [-0.15, -0.1) is 0 Å². The molecule has 0 aliphatic carbocycles. The second kappa shape index (κ2) is 8.11. The average Bonchev–Trinajstić information content (AvgIpc) is 3.11. The molecule has 1 amide bonds. The molecule has 2 heterocycles. The summed E-state index contributed by atoms with van der Waals surface area (Å²) in [6.07, 6.45) is 2.74. The lowest BCUT2D eigenvalue weighted by atomic mass is 10.0. The first kappa shape index (κ1) is 16.7. The van der Waals surface area contributed by atoms with Crippen LogP contribution >= 0.6 is 11.6 Å². The summed E-state index contributed by atoms with van der Waals surface area (Å²) >= 11 is 6.09. The maximum atomic E-state index is 12.5. The van der Waals surface area contributed by atoms with Crippen LogP contribution in [-0.2, 0) is 25.6 Å². The fraction of sp³-hybridized carbons (Fsp3) is 0.588. The van der Waals surface area contributed by atoms with Gasteiger partial charge in [-0.3, -0.25) is 4.79 Å². The predicted molar refractivity (Wildman–Crippen MR) is 86.2 cm³/mol. The summed E-state index contributed by atoms with van der Waals surface area (Å²) in [5.41, 5.74) is 0.889. The van der Waals surface area contributed by atoms with Crippen LogP contribution in [0.15, 0.2) is 24.3 Å². The van der Waals surface area contributed by atoms with E-state index in [1.807, 2.05) is 29.2 Å². The molecule has 1 atom stereocenters. The van der Waals surface area contributed by atoms with Crippen molar-refractivity contribution in [3.63, 3.8) is 0 Å². The minimum Gasteiger partial charge on any atom is -0.367 e. The van der Waals surface area contributed by atoms with Gasteiger partial charge in [0.2, 0.25) is 5.91 Å². The number of hydrogen-bond donors (Lipinski definition) is 0. The van der Waals surface area contributed by atoms with Crippen molar-refractivity contribution in [1.29, 1.82) is 0 Å². The Morgan fingerprint density at radius 2 is 2.04 bits per heavy atom. The van der Waals surface area contributed by atoms with Crippen molar-refractivity contribution in [3.05, 3.63) is 34.9 Å². The molecule has 1 unspecified atom stereocenters. The quantitative estimate of drug-likeness (QED) is 0.827. The third-order valence-electron chi connectivity index (χ3n) is 4.27. The summed E-state index contributed by atoms with van der Waals surface area (Å²) in [5, 5.41) is 0.656. The van der Waals surface area contributed by atoms with Crippen LogP contribution in [0.25, 0.3) is 0 Å². The number of likely N-dealkylation sites (tertiary alicyclic amines) is 1. The maximum Gasteiger partial charge on any atom is 0.249 e. The fourth-order valence-corrected chi connectivity index (χ4v) is 3.29. The van der Waals surface area contributed by atoms with Gasteiger partial charge >= 0.3 is 0 Å². The summed E-state index contributed by atoms with van der Waals surface area (Å²) in [4.78, 5) is 14.4. The monoisotopic (exact) mass is 339 g/mol. The minimum atomic E-state index is -0.289. The number of carbonyl (C=O) groups excluding carboxylic acids is 1. The van der Waals surface area contributed by atoms with Crippen LogP contribution < -0.4 is 0 Å². The van der Waals surface area contributed by atoms with Crippen molar-refractivity contribution in [1.82, 2.24) is 4.90 Å². The number of piperidine rings is 1. The minimum absolute atomic E-state index is 0.00247. The Kier molecular flexibility index (Phi) is 5.89. The molecule has 3 rings (SSSR count). The van der Waals surface area contributed by atoms with Gasteiger partial charge in [0.25, 0.3) is 0 Å². The first-order valence-corrected chi connectivity index (χ1v) is 8.47. The van der Waals surface area contributed by atoms with Crippen molar-refractivity contribution in [2.45, 2.75) is 38.2 Å². The van der Waals surface area contributed by atoms with Crippen LogP contribution in [0.1, 0.15) is 24.8 Å². The van der Waals surface area contributed by atoms with Crippen LogP contribution in [0.5, 0.6) is 0 Å². The second-order valence-corrected chi connectivity index (χ2v) is 6.25. The highest BCUT2D eigenvalue weighted by Crippen LogP contribution is 2.24. The van der Waals surface area contributed by atoms with E-state index >= 15 is 0 Å². The molecule has 0 aromatic heterocycles. The Morgan fingerprint density at radius 1 is 1.26 bits per heavy atom. The van der Waals surface area contributed by atoms with Crippen molar-refractivity contribution >= 4 is 17.5 Å². The number of ether oxygens (including phenoxy) is 3. The van der Waals surface area contributed by atoms with Crippen molar-refractivity contribution in [2.75, 3.05) is 26.4 Å². The summed E-state index contributed by atoms with van der Waals surface area (Å²) in [6.45, 7) is 2.33. The van der Waals surface area contributed by atoms with Gasteiger partial charge < -0.3 is 19.1 Å². The number of hydrogen-bond acceptors (Lipinski definition) is 4. The summed E-state index contributed by atoms with van der Waals surface area (Å²) in [7, 11) is 0. The van der Waals surface area contributed by atoms with Crippen LogP contribution in [0.3, 0.4) is 0 Å². The van der Waals surface area contributed by atoms with E-state index in [1.165, 1.54) is 0 Å². The largest absolute Gasteiger partial charge is 0.367 e. The van der Waals surface area contributed by atoms with Gasteiger partial charge in [0.05, 0.1) is 25.9 Å². The Labute approximate surface area is 141 Å². The average molecular weight is 340 g/mol. The Hall–Kier alpha value is -1.14. The SMILES string of the molecule is O=C(COCc1ccccc1Cl)N1CCCCC1C1OCCO1. The molecule has 2 fully saturated rings. The molecular weight excluding hydrogens is 318 g/mol. The smallest absolute Gasteiger partial charge is 0.249 e. The zero-order valence-electron chi connectivity index (χ0n) is 13.1. The van der Waals surface area contributed by atoms with Crippen LogP contribution in [0.2, 0.25) is 5.02 Å². The lowest BCUT2D eigenvalue weighted by molar-refractivity contribution is -0.155. The van der Waals surface area contributed by atoms with Gasteiger partial charge in [-0.1, -0.05) is 29.8 Å². The van der Waals surface area contributed by atoms with E-state index in [1.54, 1.807) is 0 Å². The number of nitrogens with zero attached hydrogens (tertiary/aromatic N) is 1. The molecule has 2 saturated heterocycles. The van der Waals surface area contributed by atoms with E-state index in [2.05, 4.69) is 0 Å². The number of carbonyl (C=O) groups is 1. The molecule has 2 aliphatic rings. The topological polar surface area (TPSA) is 48.0 Å². The Morgan fingerprint density at radius 3 is 2.83 bits per heavy atom. The van der Waals surface area contributed by atoms with Crippen LogP contribution in [0.4, 0.5) is 0 Å². The molecule has 5 nitrogen and oxygen atoms in total. The third kappa shape index (κ3) is 4.23. The van der Waals surface area contributed by atoms with E-state index in [-0.39, 0.29) is 24.8 Å². The van der Waals surface area contributed by atoms with E-state index in [0.717, 1.165) is 31.4 Å². The Balaban J connectivity index is 1.52. The third-order valence-corrected chi connectivity index (χ3v) is 4.64. The van der Waals surface area contributed by atoms with Gasteiger partial charge in [-0.2, -0.15) is 0 Å². The van der Waals surface area contributed by atoms with E-state index in [0.29, 0.717) is 24.8 Å². The van der Waals surface area contributed by atoms with Gasteiger partial charge in [-0.25, -0.2) is 0 Å². The standard InChI is InChI=1S/C17H22ClNO4/c18-14-6-2-1-5-13(14)11-21-12-16(20)19-8-4-3-7-15(19)17-22-9-10-23-17/h1-2,5-6,15,17H,3-4,7-12H2. The van der Waals surface area contributed by atoms with Crippen molar-refractivity contribution in [3.8, 4) is 0 Å². The molecule has 0 spiro atoms. The number of rotatable bonds is 5. The van der Waals surface area contributed by atoms with Gasteiger partial charge in [0.1, 0.15) is 6.61 Å². The molecule has 126 valence electrons. The normalized spacial score (nSPS) is 22.5. The van der Waals surface area contributed by atoms with E-state index in [4.69, 9.17) is 25.8 Å². The fourth-order valence-electron chi connectivity index (χ4n) is 3.10. The summed E-state index contributed by atoms with van der Waals surface area (Å²) < 4.78 is 16.7. The van der Waals surface area contributed by atoms with Gasteiger partial charge in [-0.05, 0) is 30.9 Å². The summed E-state index contributed by atoms with van der Waals surface area (Å²) in [5.74, 6) is -0.0131. The number of benzene rings is 1. The maximum absolute atomic E-state index is 12.5. The first-order valence-electron chi connectivity index (χ1n) is 8.09. The van der Waals surface area contributed by atoms with Crippen molar-refractivity contribution < 1.29 is 19.0 Å². The first-order chi connectivity index (χ1) is 11.3. The molecule has 0 saturated carbocycles. The molecular formula is C17H22ClNO4. The lowest BCUT2D eigenvalue weighted by Gasteiger charge is -2.37. The molecule has 1 aromatic carbocycles. The lowest BCUT2D eigenvalue weighted by Crippen LogP contribution is -2.51. The molecule has 2 aliphatic heterocycles. The molecule has 23 heavy (non-hydrogen) atoms. The van der Waals surface area contributed by atoms with Crippen LogP contribution in [-0.4, -0.2) is 49.5 Å². The highest BCUT2D eigenvalue weighted by Gasteiger charge is 2.36. The van der Waals surface area contributed by atoms with Crippen molar-refractivity contribution in [2.24, 2.45) is 0 Å². The zero-order valence-corrected chi connectivity index (χ0v) is 13.8. The molecule has 0 radical (unpaired) electrons. The molecule has 6 heteroatoms. The summed E-state index contributed by atoms with van der Waals surface area (Å²) in [6, 6.07) is 7.50. The van der Waals surface area contributed by atoms with Crippen LogP contribution in [0, 0.1) is 0 Å². The number of halogens is 1. The molecule has 0 bridgehead atoms. The predicted octanol–water partition coefficient (Wildman–Crippen LogP) is 2.61. The highest BCUT2D eigenvalue weighted by molar-refractivity contribution is 6.31. The number of amides is 1. The molecule has 0 N–H and O–H groups in total. The Bertz CT molecular complexity index is 533.